The fraction of sp³-hybridized carbons (Fsp3) is 0.355. The lowest BCUT2D eigenvalue weighted by Crippen LogP contribution is -2.45. The van der Waals surface area contributed by atoms with Gasteiger partial charge in [-0.1, -0.05) is 30.3 Å². The third-order valence-electron chi connectivity index (χ3n) is 8.17. The van der Waals surface area contributed by atoms with Crippen molar-refractivity contribution in [2.75, 3.05) is 40.8 Å². The molecule has 2 aromatic carbocycles. The minimum Gasteiger partial charge on any atom is -0.346 e. The van der Waals surface area contributed by atoms with E-state index in [4.69, 9.17) is 4.98 Å². The van der Waals surface area contributed by atoms with Crippen molar-refractivity contribution >= 4 is 16.9 Å². The van der Waals surface area contributed by atoms with Gasteiger partial charge in [-0.3, -0.25) is 9.69 Å². The van der Waals surface area contributed by atoms with Crippen LogP contribution in [0, 0.1) is 0 Å². The van der Waals surface area contributed by atoms with E-state index in [1.807, 2.05) is 36.7 Å². The number of likely N-dealkylation sites (tertiary alicyclic amines) is 1. The Morgan fingerprint density at radius 2 is 1.70 bits per heavy atom. The third-order valence-corrected chi connectivity index (χ3v) is 8.17. The van der Waals surface area contributed by atoms with Gasteiger partial charge in [-0.15, -0.1) is 0 Å². The van der Waals surface area contributed by atoms with Crippen LogP contribution in [0.5, 0.6) is 0 Å². The van der Waals surface area contributed by atoms with E-state index in [-0.39, 0.29) is 5.91 Å². The zero-order chi connectivity index (χ0) is 25.5. The molecule has 1 fully saturated rings. The number of H-pyrrole nitrogens is 1. The summed E-state index contributed by atoms with van der Waals surface area (Å²) in [4.78, 5) is 27.1. The monoisotopic (exact) mass is 493 g/mol. The Kier molecular flexibility index (Phi) is 6.31. The summed E-state index contributed by atoms with van der Waals surface area (Å²) in [5, 5.41) is 1.09. The van der Waals surface area contributed by atoms with Gasteiger partial charge in [-0.25, -0.2) is 4.98 Å². The Morgan fingerprint density at radius 3 is 2.46 bits per heavy atom. The number of hydrogen-bond acceptors (Lipinski definition) is 4. The molecule has 190 valence electrons. The van der Waals surface area contributed by atoms with Crippen molar-refractivity contribution in [1.29, 1.82) is 0 Å². The topological polar surface area (TPSA) is 55.5 Å². The van der Waals surface area contributed by atoms with E-state index in [0.717, 1.165) is 53.3 Å². The summed E-state index contributed by atoms with van der Waals surface area (Å²) in [6.45, 7) is 4.63. The first-order valence-corrected chi connectivity index (χ1v) is 13.3. The van der Waals surface area contributed by atoms with Crippen molar-refractivity contribution in [3.63, 3.8) is 0 Å². The summed E-state index contributed by atoms with van der Waals surface area (Å²) < 4.78 is 0. The van der Waals surface area contributed by atoms with Crippen LogP contribution in [-0.2, 0) is 13.0 Å². The summed E-state index contributed by atoms with van der Waals surface area (Å²) in [5.41, 5.74) is 9.03. The highest BCUT2D eigenvalue weighted by atomic mass is 16.2. The molecular weight excluding hydrogens is 458 g/mol. The number of nitrogens with zero attached hydrogens (tertiary/aromatic N) is 4. The molecule has 1 amide bonds. The lowest BCUT2D eigenvalue weighted by Gasteiger charge is -2.39. The summed E-state index contributed by atoms with van der Waals surface area (Å²) in [6.07, 6.45) is 7.65. The van der Waals surface area contributed by atoms with Crippen LogP contribution in [0.2, 0.25) is 0 Å². The average molecular weight is 494 g/mol. The summed E-state index contributed by atoms with van der Waals surface area (Å²) in [5.74, 6) is 0.0105. The SMILES string of the molecule is CN1CCC(N2CCc3cc(-c4cnc5[nH]cc(-c6ccc(C(=O)N(C)C)cc6)c5c4)ccc3C2)CC1. The van der Waals surface area contributed by atoms with Crippen LogP contribution < -0.4 is 0 Å². The van der Waals surface area contributed by atoms with Crippen molar-refractivity contribution in [3.8, 4) is 22.3 Å². The van der Waals surface area contributed by atoms with Gasteiger partial charge in [0.25, 0.3) is 5.91 Å². The zero-order valence-corrected chi connectivity index (χ0v) is 22.0. The molecule has 0 spiro atoms. The summed E-state index contributed by atoms with van der Waals surface area (Å²) in [6, 6.07) is 17.7. The van der Waals surface area contributed by atoms with Crippen molar-refractivity contribution in [3.05, 3.63) is 77.6 Å². The van der Waals surface area contributed by atoms with Crippen LogP contribution in [0.25, 0.3) is 33.3 Å². The first kappa shape index (κ1) is 23.9. The van der Waals surface area contributed by atoms with E-state index in [2.05, 4.69) is 46.1 Å². The van der Waals surface area contributed by atoms with E-state index in [1.165, 1.54) is 42.6 Å². The Morgan fingerprint density at radius 1 is 0.946 bits per heavy atom. The number of hydrogen-bond donors (Lipinski definition) is 1. The Balaban J connectivity index is 1.25. The van der Waals surface area contributed by atoms with E-state index < -0.39 is 0 Å². The van der Waals surface area contributed by atoms with Crippen molar-refractivity contribution in [1.82, 2.24) is 24.7 Å². The highest BCUT2D eigenvalue weighted by molar-refractivity contribution is 5.98. The number of piperidine rings is 1. The maximum atomic E-state index is 12.3. The fourth-order valence-corrected chi connectivity index (χ4v) is 5.88. The molecule has 4 heterocycles. The molecular formula is C31H35N5O. The molecule has 2 aliphatic rings. The minimum atomic E-state index is 0.0105. The first-order chi connectivity index (χ1) is 18.0. The molecule has 0 unspecified atom stereocenters. The van der Waals surface area contributed by atoms with Gasteiger partial charge in [-0.2, -0.15) is 0 Å². The van der Waals surface area contributed by atoms with Gasteiger partial charge < -0.3 is 14.8 Å². The smallest absolute Gasteiger partial charge is 0.253 e. The zero-order valence-electron chi connectivity index (χ0n) is 22.0. The molecule has 1 saturated heterocycles. The molecule has 0 bridgehead atoms. The highest BCUT2D eigenvalue weighted by Gasteiger charge is 2.26. The van der Waals surface area contributed by atoms with E-state index >= 15 is 0 Å². The number of nitrogens with one attached hydrogen (secondary N) is 1. The van der Waals surface area contributed by atoms with Crippen LogP contribution in [0.1, 0.15) is 34.3 Å². The molecule has 6 nitrogen and oxygen atoms in total. The van der Waals surface area contributed by atoms with E-state index in [9.17, 15) is 4.79 Å². The third kappa shape index (κ3) is 4.67. The van der Waals surface area contributed by atoms with Crippen LogP contribution in [0.15, 0.2) is 60.9 Å². The predicted octanol–water partition coefficient (Wildman–Crippen LogP) is 5.05. The molecule has 2 aliphatic heterocycles. The number of carbonyl (C=O) groups is 1. The normalized spacial score (nSPS) is 17.2. The summed E-state index contributed by atoms with van der Waals surface area (Å²) >= 11 is 0. The molecule has 6 heteroatoms. The minimum absolute atomic E-state index is 0.0105. The van der Waals surface area contributed by atoms with Crippen molar-refractivity contribution in [2.45, 2.75) is 31.8 Å². The Bertz CT molecular complexity index is 1430. The predicted molar refractivity (Wildman–Crippen MR) is 150 cm³/mol. The molecule has 4 aromatic rings. The van der Waals surface area contributed by atoms with Crippen molar-refractivity contribution < 1.29 is 4.79 Å². The molecule has 0 saturated carbocycles. The number of pyridine rings is 1. The quantitative estimate of drug-likeness (QED) is 0.432. The largest absolute Gasteiger partial charge is 0.346 e. The summed E-state index contributed by atoms with van der Waals surface area (Å²) in [7, 11) is 5.78. The second kappa shape index (κ2) is 9.77. The number of rotatable bonds is 4. The average Bonchev–Trinajstić information content (AvgIpc) is 3.36. The number of carbonyl (C=O) groups excluding carboxylic acids is 1. The number of aromatic amines is 1. The van der Waals surface area contributed by atoms with Crippen molar-refractivity contribution in [2.24, 2.45) is 0 Å². The second-order valence-electron chi connectivity index (χ2n) is 10.8. The molecule has 6 rings (SSSR count). The van der Waals surface area contributed by atoms with Crippen LogP contribution in [-0.4, -0.2) is 77.4 Å². The highest BCUT2D eigenvalue weighted by Crippen LogP contribution is 2.33. The first-order valence-electron chi connectivity index (χ1n) is 13.3. The van der Waals surface area contributed by atoms with E-state index in [1.54, 1.807) is 19.0 Å². The maximum absolute atomic E-state index is 12.3. The Labute approximate surface area is 218 Å². The van der Waals surface area contributed by atoms with Gasteiger partial charge >= 0.3 is 0 Å². The van der Waals surface area contributed by atoms with Gasteiger partial charge in [-0.05, 0) is 79.9 Å². The van der Waals surface area contributed by atoms with Gasteiger partial charge in [0.15, 0.2) is 0 Å². The van der Waals surface area contributed by atoms with Gasteiger partial charge in [0.05, 0.1) is 0 Å². The molecule has 1 N–H and O–H groups in total. The fourth-order valence-electron chi connectivity index (χ4n) is 5.88. The van der Waals surface area contributed by atoms with Gasteiger partial charge in [0.2, 0.25) is 0 Å². The number of aromatic nitrogens is 2. The van der Waals surface area contributed by atoms with Crippen LogP contribution in [0.3, 0.4) is 0 Å². The van der Waals surface area contributed by atoms with Crippen LogP contribution >= 0.6 is 0 Å². The number of fused-ring (bicyclic) bond motifs is 2. The Hall–Kier alpha value is -3.48. The van der Waals surface area contributed by atoms with E-state index in [0.29, 0.717) is 5.56 Å². The molecule has 0 atom stereocenters. The molecule has 0 radical (unpaired) electrons. The lowest BCUT2D eigenvalue weighted by molar-refractivity contribution is 0.0827. The van der Waals surface area contributed by atoms with Gasteiger partial charge in [0.1, 0.15) is 5.65 Å². The molecule has 2 aromatic heterocycles. The maximum Gasteiger partial charge on any atom is 0.253 e. The van der Waals surface area contributed by atoms with Gasteiger partial charge in [0, 0.05) is 67.7 Å². The van der Waals surface area contributed by atoms with Crippen LogP contribution in [0.4, 0.5) is 0 Å². The standard InChI is InChI=1S/C31H35N5O/c1-34(2)31(37)22-6-4-21(5-7-22)29-19-33-30-28(29)17-26(18-32-30)23-8-9-25-20-36(15-10-24(25)16-23)27-11-13-35(3)14-12-27/h4-9,16-19,27H,10-15,20H2,1-3H3,(H,32,33). The molecule has 0 aliphatic carbocycles. The molecule has 37 heavy (non-hydrogen) atoms. The second-order valence-corrected chi connectivity index (χ2v) is 10.8. The number of amides is 1. The lowest BCUT2D eigenvalue weighted by atomic mass is 9.92. The number of benzene rings is 2.